The van der Waals surface area contributed by atoms with Gasteiger partial charge in [0.05, 0.1) is 16.7 Å². The van der Waals surface area contributed by atoms with E-state index in [1.807, 2.05) is 0 Å². The van der Waals surface area contributed by atoms with Gasteiger partial charge in [0.1, 0.15) is 0 Å². The molecule has 0 atom stereocenters. The first-order chi connectivity index (χ1) is 33.7. The van der Waals surface area contributed by atoms with E-state index in [2.05, 4.69) is 289 Å². The van der Waals surface area contributed by atoms with Crippen LogP contribution in [0.3, 0.4) is 0 Å². The Morgan fingerprint density at radius 2 is 0.647 bits per heavy atom. The van der Waals surface area contributed by atoms with Gasteiger partial charge in [-0.15, -0.1) is 0 Å². The van der Waals surface area contributed by atoms with Crippen LogP contribution in [-0.2, 0) is 0 Å². The number of hydrogen-bond donors (Lipinski definition) is 0. The molecule has 1 aromatic heterocycles. The molecule has 320 valence electrons. The first kappa shape index (κ1) is 40.5. The number of fused-ring (bicyclic) bond motifs is 3. The van der Waals surface area contributed by atoms with Gasteiger partial charge in [-0.25, -0.2) is 0 Å². The molecule has 0 amide bonds. The fourth-order valence-corrected chi connectivity index (χ4v) is 9.98. The molecule has 0 saturated heterocycles. The first-order valence-electron chi connectivity index (χ1n) is 23.3. The molecule has 0 radical (unpaired) electrons. The van der Waals surface area contributed by atoms with Crippen molar-refractivity contribution in [3.63, 3.8) is 0 Å². The zero-order chi connectivity index (χ0) is 45.2. The van der Waals surface area contributed by atoms with E-state index < -0.39 is 0 Å². The highest BCUT2D eigenvalue weighted by molar-refractivity contribution is 6.10. The highest BCUT2D eigenvalue weighted by atomic mass is 15.1. The fourth-order valence-electron chi connectivity index (χ4n) is 9.98. The van der Waals surface area contributed by atoms with Gasteiger partial charge in [0.15, 0.2) is 0 Å². The Kier molecular flexibility index (Phi) is 10.6. The largest absolute Gasteiger partial charge is 0.310 e. The van der Waals surface area contributed by atoms with Crippen LogP contribution in [0.25, 0.3) is 94.3 Å². The lowest BCUT2D eigenvalue weighted by Crippen LogP contribution is -2.11. The van der Waals surface area contributed by atoms with Crippen LogP contribution in [0.15, 0.2) is 279 Å². The van der Waals surface area contributed by atoms with Crippen LogP contribution in [0, 0.1) is 0 Å². The maximum atomic E-state index is 2.42. The predicted molar refractivity (Wildman–Crippen MR) is 288 cm³/mol. The topological polar surface area (TPSA) is 8.17 Å². The zero-order valence-electron chi connectivity index (χ0n) is 37.5. The average Bonchev–Trinajstić information content (AvgIpc) is 3.76. The van der Waals surface area contributed by atoms with Gasteiger partial charge in [-0.2, -0.15) is 0 Å². The summed E-state index contributed by atoms with van der Waals surface area (Å²) in [6, 6.07) is 101. The van der Waals surface area contributed by atoms with Crippen molar-refractivity contribution in [2.75, 3.05) is 4.90 Å². The standard InChI is InChI=1S/C66H46N2/c1-4-19-47(20-5-1)51-23-18-24-52(45-51)48-35-40-55(41-36-48)67(64-33-16-14-31-61(64)60-30-13-12-29-59(60)58-28-11-10-27-57(58)50-21-6-2-7-22-50)56-42-37-49(38-43-56)53-39-44-63-62-32-15-17-34-65(62)68(66(63)46-53)54-25-8-3-9-26-54/h1-46H. The Morgan fingerprint density at radius 3 is 1.28 bits per heavy atom. The van der Waals surface area contributed by atoms with Crippen molar-refractivity contribution in [3.8, 4) is 72.4 Å². The molecule has 11 aromatic carbocycles. The summed E-state index contributed by atoms with van der Waals surface area (Å²) in [5.41, 5.74) is 21.0. The molecular weight excluding hydrogens is 821 g/mol. The van der Waals surface area contributed by atoms with Crippen LogP contribution in [0.1, 0.15) is 0 Å². The SMILES string of the molecule is c1ccc(-c2cccc(-c3ccc(N(c4ccc(-c5ccc6c7ccccc7n(-c7ccccc7)c6c5)cc4)c4ccccc4-c4ccccc4-c4ccccc4-c4ccccc4)cc3)c2)cc1. The van der Waals surface area contributed by atoms with Gasteiger partial charge in [0, 0.05) is 33.4 Å². The summed E-state index contributed by atoms with van der Waals surface area (Å²) >= 11 is 0. The smallest absolute Gasteiger partial charge is 0.0547 e. The van der Waals surface area contributed by atoms with Crippen molar-refractivity contribution in [2.24, 2.45) is 0 Å². The van der Waals surface area contributed by atoms with Gasteiger partial charge < -0.3 is 9.47 Å². The van der Waals surface area contributed by atoms with Crippen molar-refractivity contribution < 1.29 is 0 Å². The molecule has 0 fully saturated rings. The van der Waals surface area contributed by atoms with Crippen LogP contribution in [-0.4, -0.2) is 4.57 Å². The van der Waals surface area contributed by atoms with E-state index in [-0.39, 0.29) is 0 Å². The molecule has 0 aliphatic rings. The Morgan fingerprint density at radius 1 is 0.235 bits per heavy atom. The second-order valence-corrected chi connectivity index (χ2v) is 17.3. The molecule has 0 bridgehead atoms. The summed E-state index contributed by atoms with van der Waals surface area (Å²) in [5, 5.41) is 2.50. The predicted octanol–water partition coefficient (Wildman–Crippen LogP) is 18.3. The van der Waals surface area contributed by atoms with Gasteiger partial charge in [0.25, 0.3) is 0 Å². The molecule has 1 heterocycles. The molecule has 0 N–H and O–H groups in total. The number of rotatable bonds is 10. The second-order valence-electron chi connectivity index (χ2n) is 17.3. The summed E-state index contributed by atoms with van der Waals surface area (Å²) in [6.07, 6.45) is 0. The number of hydrogen-bond acceptors (Lipinski definition) is 1. The van der Waals surface area contributed by atoms with Gasteiger partial charge in [-0.1, -0.05) is 218 Å². The number of para-hydroxylation sites is 3. The third kappa shape index (κ3) is 7.54. The molecule has 2 heteroatoms. The van der Waals surface area contributed by atoms with Crippen LogP contribution in [0.2, 0.25) is 0 Å². The van der Waals surface area contributed by atoms with Crippen LogP contribution >= 0.6 is 0 Å². The second kappa shape index (κ2) is 17.8. The number of benzene rings is 11. The Hall–Kier alpha value is -8.98. The Bertz CT molecular complexity index is 3700. The molecule has 0 saturated carbocycles. The Labute approximate surface area is 397 Å². The van der Waals surface area contributed by atoms with Crippen molar-refractivity contribution in [1.82, 2.24) is 4.57 Å². The molecule has 0 spiro atoms. The van der Waals surface area contributed by atoms with E-state index in [1.54, 1.807) is 0 Å². The van der Waals surface area contributed by atoms with Gasteiger partial charge >= 0.3 is 0 Å². The van der Waals surface area contributed by atoms with Gasteiger partial charge in [0.2, 0.25) is 0 Å². The first-order valence-corrected chi connectivity index (χ1v) is 23.3. The van der Waals surface area contributed by atoms with E-state index in [9.17, 15) is 0 Å². The normalized spacial score (nSPS) is 11.2. The third-order valence-electron chi connectivity index (χ3n) is 13.2. The summed E-state index contributed by atoms with van der Waals surface area (Å²) in [7, 11) is 0. The van der Waals surface area contributed by atoms with Gasteiger partial charge in [-0.3, -0.25) is 0 Å². The van der Waals surface area contributed by atoms with Crippen LogP contribution in [0.4, 0.5) is 17.1 Å². The summed E-state index contributed by atoms with van der Waals surface area (Å²) < 4.78 is 2.39. The van der Waals surface area contributed by atoms with E-state index in [4.69, 9.17) is 0 Å². The molecule has 12 aromatic rings. The summed E-state index contributed by atoms with van der Waals surface area (Å²) in [5.74, 6) is 0. The monoisotopic (exact) mass is 866 g/mol. The maximum absolute atomic E-state index is 2.42. The number of aromatic nitrogens is 1. The van der Waals surface area contributed by atoms with Crippen LogP contribution in [0.5, 0.6) is 0 Å². The molecule has 68 heavy (non-hydrogen) atoms. The minimum atomic E-state index is 1.07. The third-order valence-corrected chi connectivity index (χ3v) is 13.2. The average molecular weight is 867 g/mol. The lowest BCUT2D eigenvalue weighted by atomic mass is 9.88. The van der Waals surface area contributed by atoms with Gasteiger partial charge in [-0.05, 0) is 122 Å². The van der Waals surface area contributed by atoms with Crippen LogP contribution < -0.4 is 4.90 Å². The van der Waals surface area contributed by atoms with E-state index in [1.165, 1.54) is 77.4 Å². The maximum Gasteiger partial charge on any atom is 0.0547 e. The van der Waals surface area contributed by atoms with E-state index in [0.717, 1.165) is 33.9 Å². The highest BCUT2D eigenvalue weighted by Crippen LogP contribution is 2.46. The molecule has 0 aliphatic heterocycles. The molecule has 2 nitrogen and oxygen atoms in total. The fraction of sp³-hybridized carbons (Fsp3) is 0. The van der Waals surface area contributed by atoms with Crippen molar-refractivity contribution >= 4 is 38.9 Å². The minimum absolute atomic E-state index is 1.07. The zero-order valence-corrected chi connectivity index (χ0v) is 37.5. The Balaban J connectivity index is 0.985. The van der Waals surface area contributed by atoms with Crippen molar-refractivity contribution in [2.45, 2.75) is 0 Å². The van der Waals surface area contributed by atoms with Crippen molar-refractivity contribution in [3.05, 3.63) is 279 Å². The highest BCUT2D eigenvalue weighted by Gasteiger charge is 2.21. The lowest BCUT2D eigenvalue weighted by molar-refractivity contribution is 1.18. The number of anilines is 3. The van der Waals surface area contributed by atoms with Crippen molar-refractivity contribution in [1.29, 1.82) is 0 Å². The summed E-state index contributed by atoms with van der Waals surface area (Å²) in [4.78, 5) is 2.42. The minimum Gasteiger partial charge on any atom is -0.310 e. The molecule has 0 unspecified atom stereocenters. The molecule has 0 aliphatic carbocycles. The molecule has 12 rings (SSSR count). The summed E-state index contributed by atoms with van der Waals surface area (Å²) in [6.45, 7) is 0. The quantitative estimate of drug-likeness (QED) is 0.133. The van der Waals surface area contributed by atoms with E-state index >= 15 is 0 Å². The lowest BCUT2D eigenvalue weighted by Gasteiger charge is -2.29. The van der Waals surface area contributed by atoms with E-state index in [0.29, 0.717) is 0 Å². The molecular formula is C66H46N2. The number of nitrogens with zero attached hydrogens (tertiary/aromatic N) is 2.